The molecule has 1 atom stereocenters. The van der Waals surface area contributed by atoms with Crippen molar-refractivity contribution in [3.63, 3.8) is 0 Å². The number of carboxylic acids is 1. The fourth-order valence-electron chi connectivity index (χ4n) is 5.30. The summed E-state index contributed by atoms with van der Waals surface area (Å²) in [7, 11) is 0. The van der Waals surface area contributed by atoms with E-state index in [9.17, 15) is 14.7 Å². The Kier molecular flexibility index (Phi) is 4.93. The van der Waals surface area contributed by atoms with Crippen molar-refractivity contribution < 1.29 is 14.7 Å². The summed E-state index contributed by atoms with van der Waals surface area (Å²) in [5.74, 6) is -0.596. The number of imidazole rings is 1. The molecule has 2 aromatic carbocycles. The van der Waals surface area contributed by atoms with Crippen molar-refractivity contribution in [3.8, 4) is 5.69 Å². The smallest absolute Gasteiger partial charge is 0.310 e. The van der Waals surface area contributed by atoms with Crippen LogP contribution in [0.4, 0.5) is 5.69 Å². The zero-order valence-electron chi connectivity index (χ0n) is 19.1. The van der Waals surface area contributed by atoms with Crippen molar-refractivity contribution in [1.29, 1.82) is 0 Å². The van der Waals surface area contributed by atoms with Gasteiger partial charge in [-0.05, 0) is 66.8 Å². The highest BCUT2D eigenvalue weighted by molar-refractivity contribution is 6.31. The lowest BCUT2D eigenvalue weighted by Gasteiger charge is -2.19. The molecule has 1 aliphatic heterocycles. The van der Waals surface area contributed by atoms with Crippen LogP contribution in [0.25, 0.3) is 16.7 Å². The molecule has 1 aliphatic carbocycles. The van der Waals surface area contributed by atoms with Crippen LogP contribution in [0, 0.1) is 0 Å². The number of amides is 1. The maximum atomic E-state index is 13.5. The first-order chi connectivity index (χ1) is 16.9. The van der Waals surface area contributed by atoms with Crippen LogP contribution in [-0.2, 0) is 21.5 Å². The number of nitrogens with zero attached hydrogens (tertiary/aromatic N) is 4. The van der Waals surface area contributed by atoms with E-state index in [-0.39, 0.29) is 5.91 Å². The highest BCUT2D eigenvalue weighted by atomic mass is 35.5. The van der Waals surface area contributed by atoms with Crippen molar-refractivity contribution in [2.75, 3.05) is 4.90 Å². The van der Waals surface area contributed by atoms with Crippen LogP contribution < -0.4 is 4.90 Å². The van der Waals surface area contributed by atoms with Gasteiger partial charge in [0.15, 0.2) is 0 Å². The number of hydrogen-bond acceptors (Lipinski definition) is 4. The van der Waals surface area contributed by atoms with E-state index in [2.05, 4.69) is 4.98 Å². The maximum absolute atomic E-state index is 13.5. The van der Waals surface area contributed by atoms with Crippen LogP contribution >= 0.6 is 11.6 Å². The second-order valence-electron chi connectivity index (χ2n) is 9.25. The lowest BCUT2D eigenvalue weighted by atomic mass is 9.96. The Hall–Kier alpha value is -3.71. The molecule has 7 nitrogen and oxygen atoms in total. The summed E-state index contributed by atoms with van der Waals surface area (Å²) < 4.78 is 2.01. The molecule has 6 rings (SSSR count). The van der Waals surface area contributed by atoms with Crippen molar-refractivity contribution in [1.82, 2.24) is 14.5 Å². The zero-order valence-corrected chi connectivity index (χ0v) is 19.9. The molecule has 8 heteroatoms. The fraction of sp³-hybridized carbons (Fsp3) is 0.259. The third-order valence-corrected chi connectivity index (χ3v) is 7.49. The molecule has 2 aliphatic rings. The van der Waals surface area contributed by atoms with Crippen LogP contribution in [0.5, 0.6) is 0 Å². The number of carbonyl (C=O) groups is 2. The Balaban J connectivity index is 1.45. The predicted octanol–water partition coefficient (Wildman–Crippen LogP) is 5.23. The minimum Gasteiger partial charge on any atom is -0.481 e. The molecule has 1 unspecified atom stereocenters. The van der Waals surface area contributed by atoms with Gasteiger partial charge >= 0.3 is 5.97 Å². The van der Waals surface area contributed by atoms with Crippen LogP contribution in [-0.4, -0.2) is 31.5 Å². The van der Waals surface area contributed by atoms with Gasteiger partial charge in [-0.2, -0.15) is 0 Å². The van der Waals surface area contributed by atoms with E-state index in [0.717, 1.165) is 46.4 Å². The average molecular weight is 487 g/mol. The summed E-state index contributed by atoms with van der Waals surface area (Å²) in [5, 5.41) is 10.1. The number of aromatic nitrogens is 3. The molecule has 35 heavy (non-hydrogen) atoms. The number of aliphatic carboxylic acids is 1. The van der Waals surface area contributed by atoms with E-state index in [4.69, 9.17) is 16.6 Å². The summed E-state index contributed by atoms with van der Waals surface area (Å²) in [6.07, 6.45) is 5.73. The molecule has 1 saturated carbocycles. The Morgan fingerprint density at radius 2 is 1.94 bits per heavy atom. The molecule has 1 spiro atoms. The van der Waals surface area contributed by atoms with E-state index in [0.29, 0.717) is 23.8 Å². The maximum Gasteiger partial charge on any atom is 0.310 e. The molecule has 1 N–H and O–H groups in total. The third-order valence-electron chi connectivity index (χ3n) is 7.26. The molecule has 2 aromatic heterocycles. The summed E-state index contributed by atoms with van der Waals surface area (Å²) in [5.41, 5.74) is 4.66. The molecular formula is C27H23ClN4O3. The molecule has 3 heterocycles. The SMILES string of the molecule is CCC(C(=O)O)c1ccc(-n2c(CN3C(=O)C4(CC4)c4ccncc43)nc3cc(Cl)ccc32)cc1. The fourth-order valence-corrected chi connectivity index (χ4v) is 5.47. The molecular weight excluding hydrogens is 464 g/mol. The first-order valence-electron chi connectivity index (χ1n) is 11.7. The number of pyridine rings is 1. The number of carboxylic acid groups (broad SMARTS) is 1. The van der Waals surface area contributed by atoms with Gasteiger partial charge < -0.3 is 10.0 Å². The van der Waals surface area contributed by atoms with Crippen molar-refractivity contribution >= 4 is 40.2 Å². The van der Waals surface area contributed by atoms with Crippen LogP contribution in [0.15, 0.2) is 60.9 Å². The lowest BCUT2D eigenvalue weighted by Crippen LogP contribution is -2.32. The number of benzene rings is 2. The number of carbonyl (C=O) groups excluding carboxylic acids is 1. The van der Waals surface area contributed by atoms with Gasteiger partial charge in [0, 0.05) is 16.9 Å². The van der Waals surface area contributed by atoms with E-state index in [1.54, 1.807) is 17.3 Å². The summed E-state index contributed by atoms with van der Waals surface area (Å²) in [6, 6.07) is 15.0. The number of fused-ring (bicyclic) bond motifs is 3. The Morgan fingerprint density at radius 3 is 2.63 bits per heavy atom. The van der Waals surface area contributed by atoms with Gasteiger partial charge in [0.25, 0.3) is 0 Å². The highest BCUT2D eigenvalue weighted by Gasteiger charge is 2.59. The first-order valence-corrected chi connectivity index (χ1v) is 12.1. The average Bonchev–Trinajstić information content (AvgIpc) is 3.54. The van der Waals surface area contributed by atoms with Gasteiger partial charge in [0.2, 0.25) is 5.91 Å². The van der Waals surface area contributed by atoms with Gasteiger partial charge in [-0.1, -0.05) is 30.7 Å². The van der Waals surface area contributed by atoms with Gasteiger partial charge in [-0.15, -0.1) is 0 Å². The summed E-state index contributed by atoms with van der Waals surface area (Å²) >= 11 is 6.26. The monoisotopic (exact) mass is 486 g/mol. The Labute approximate surface area is 207 Å². The quantitative estimate of drug-likeness (QED) is 0.403. The second kappa shape index (κ2) is 7.92. The van der Waals surface area contributed by atoms with Gasteiger partial charge in [0.1, 0.15) is 5.82 Å². The van der Waals surface area contributed by atoms with Gasteiger partial charge in [-0.3, -0.25) is 19.1 Å². The minimum atomic E-state index is -0.836. The van der Waals surface area contributed by atoms with Gasteiger partial charge in [-0.25, -0.2) is 4.98 Å². The number of rotatable bonds is 6. The first kappa shape index (κ1) is 21.8. The number of anilines is 1. The predicted molar refractivity (Wildman–Crippen MR) is 133 cm³/mol. The van der Waals surface area contributed by atoms with Gasteiger partial charge in [0.05, 0.1) is 40.8 Å². The van der Waals surface area contributed by atoms with Crippen LogP contribution in [0.3, 0.4) is 0 Å². The third kappa shape index (κ3) is 3.33. The Morgan fingerprint density at radius 1 is 1.17 bits per heavy atom. The van der Waals surface area contributed by atoms with Crippen molar-refractivity contribution in [2.45, 2.75) is 44.1 Å². The molecule has 1 fully saturated rings. The summed E-state index contributed by atoms with van der Waals surface area (Å²) in [6.45, 7) is 2.16. The standard InChI is InChI=1S/C27H23ClN4O3/c1-2-19(25(33)34)16-3-6-18(7-4-16)32-22-8-5-17(28)13-21(22)30-24(32)15-31-23-14-29-12-9-20(23)27(10-11-27)26(31)35/h3-9,12-14,19H,2,10-11,15H2,1H3,(H,33,34). The topological polar surface area (TPSA) is 88.3 Å². The van der Waals surface area contributed by atoms with E-state index in [1.165, 1.54) is 0 Å². The highest BCUT2D eigenvalue weighted by Crippen LogP contribution is 2.57. The zero-order chi connectivity index (χ0) is 24.3. The molecule has 4 aromatic rings. The van der Waals surface area contributed by atoms with E-state index >= 15 is 0 Å². The second-order valence-corrected chi connectivity index (χ2v) is 9.69. The molecule has 0 saturated heterocycles. The van der Waals surface area contributed by atoms with Crippen LogP contribution in [0.2, 0.25) is 5.02 Å². The molecule has 1 amide bonds. The van der Waals surface area contributed by atoms with E-state index < -0.39 is 17.3 Å². The number of halogens is 1. The molecule has 0 bridgehead atoms. The van der Waals surface area contributed by atoms with Crippen LogP contribution in [0.1, 0.15) is 49.1 Å². The minimum absolute atomic E-state index is 0.0970. The van der Waals surface area contributed by atoms with Crippen molar-refractivity contribution in [3.05, 3.63) is 82.9 Å². The molecule has 176 valence electrons. The van der Waals surface area contributed by atoms with Crippen molar-refractivity contribution in [2.24, 2.45) is 0 Å². The Bertz CT molecular complexity index is 1490. The van der Waals surface area contributed by atoms with E-state index in [1.807, 2.05) is 60.0 Å². The number of hydrogen-bond donors (Lipinski definition) is 1. The summed E-state index contributed by atoms with van der Waals surface area (Å²) in [4.78, 5) is 36.0. The lowest BCUT2D eigenvalue weighted by molar-refractivity contribution is -0.138. The largest absolute Gasteiger partial charge is 0.481 e. The molecule has 0 radical (unpaired) electrons. The normalized spacial score (nSPS) is 16.6.